The van der Waals surface area contributed by atoms with E-state index in [1.54, 1.807) is 0 Å². The van der Waals surface area contributed by atoms with Crippen LogP contribution in [0.5, 0.6) is 0 Å². The minimum atomic E-state index is -0.280. The van der Waals surface area contributed by atoms with Crippen LogP contribution < -0.4 is 16.0 Å². The number of hydrogen-bond acceptors (Lipinski definition) is 3. The van der Waals surface area contributed by atoms with Gasteiger partial charge in [0.1, 0.15) is 0 Å². The second kappa shape index (κ2) is 9.84. The second-order valence-electron chi connectivity index (χ2n) is 6.28. The van der Waals surface area contributed by atoms with Crippen molar-refractivity contribution in [3.63, 3.8) is 0 Å². The van der Waals surface area contributed by atoms with Crippen molar-refractivity contribution in [3.8, 4) is 0 Å². The van der Waals surface area contributed by atoms with E-state index in [2.05, 4.69) is 29.3 Å². The molecule has 0 fully saturated rings. The van der Waals surface area contributed by atoms with Crippen molar-refractivity contribution >= 4 is 11.6 Å². The zero-order valence-electron chi connectivity index (χ0n) is 15.2. The van der Waals surface area contributed by atoms with Crippen LogP contribution in [-0.4, -0.2) is 25.5 Å². The van der Waals surface area contributed by atoms with Gasteiger partial charge in [0.15, 0.2) is 0 Å². The number of para-hydroxylation sites is 1. The third kappa shape index (κ3) is 5.61. The Hall–Kier alpha value is -2.33. The smallest absolute Gasteiger partial charge is 0.224 e. The number of benzene rings is 2. The van der Waals surface area contributed by atoms with E-state index in [1.807, 2.05) is 55.5 Å². The zero-order chi connectivity index (χ0) is 18.1. The predicted molar refractivity (Wildman–Crippen MR) is 104 cm³/mol. The Kier molecular flexibility index (Phi) is 7.48. The molecular formula is C21H29N3O. The Morgan fingerprint density at radius 1 is 1.08 bits per heavy atom. The average molecular weight is 339 g/mol. The molecule has 0 aromatic heterocycles. The number of amides is 1. The van der Waals surface area contributed by atoms with Crippen LogP contribution in [0, 0.1) is 5.92 Å². The van der Waals surface area contributed by atoms with E-state index in [0.29, 0.717) is 6.54 Å². The summed E-state index contributed by atoms with van der Waals surface area (Å²) in [6.45, 7) is 6.56. The molecule has 0 saturated heterocycles. The minimum absolute atomic E-state index is 0.0131. The summed E-state index contributed by atoms with van der Waals surface area (Å²) in [6, 6.07) is 19.8. The fraction of sp³-hybridized carbons (Fsp3) is 0.381. The average Bonchev–Trinajstić information content (AvgIpc) is 2.68. The van der Waals surface area contributed by atoms with E-state index in [1.165, 1.54) is 5.69 Å². The van der Waals surface area contributed by atoms with Gasteiger partial charge < -0.3 is 16.0 Å². The summed E-state index contributed by atoms with van der Waals surface area (Å²) < 4.78 is 0. The molecule has 3 N–H and O–H groups in total. The monoisotopic (exact) mass is 339 g/mol. The molecule has 0 heterocycles. The van der Waals surface area contributed by atoms with Crippen molar-refractivity contribution in [2.24, 2.45) is 11.7 Å². The molecule has 0 aliphatic rings. The first-order chi connectivity index (χ1) is 12.1. The first kappa shape index (κ1) is 19.0. The number of carbonyl (C=O) groups excluding carboxylic acids is 1. The van der Waals surface area contributed by atoms with Gasteiger partial charge in [-0.05, 0) is 31.0 Å². The van der Waals surface area contributed by atoms with Gasteiger partial charge in [0.2, 0.25) is 5.91 Å². The van der Waals surface area contributed by atoms with Crippen molar-refractivity contribution in [1.82, 2.24) is 5.32 Å². The maximum atomic E-state index is 12.3. The molecule has 0 radical (unpaired) electrons. The van der Waals surface area contributed by atoms with Crippen LogP contribution in [0.1, 0.15) is 31.9 Å². The first-order valence-electron chi connectivity index (χ1n) is 9.01. The van der Waals surface area contributed by atoms with Crippen LogP contribution in [0.4, 0.5) is 5.69 Å². The highest BCUT2D eigenvalue weighted by Crippen LogP contribution is 2.19. The Balaban J connectivity index is 1.76. The highest BCUT2D eigenvalue weighted by Gasteiger charge is 2.21. The van der Waals surface area contributed by atoms with E-state index in [4.69, 9.17) is 5.73 Å². The molecule has 2 aromatic rings. The van der Waals surface area contributed by atoms with Gasteiger partial charge in [-0.3, -0.25) is 4.79 Å². The standard InChI is InChI=1S/C21H29N3O/c1-3-24(19-13-8-5-9-14-19)16-10-15-23-21(25)17(2)20(22)18-11-6-4-7-12-18/h4-9,11-14,17,20H,3,10,15-16,22H2,1-2H3,(H,23,25). The fourth-order valence-corrected chi connectivity index (χ4v) is 2.88. The number of carbonyl (C=O) groups is 1. The number of nitrogens with one attached hydrogen (secondary N) is 1. The molecule has 0 spiro atoms. The highest BCUT2D eigenvalue weighted by atomic mass is 16.1. The molecule has 4 heteroatoms. The summed E-state index contributed by atoms with van der Waals surface area (Å²) in [5.41, 5.74) is 8.43. The zero-order valence-corrected chi connectivity index (χ0v) is 15.2. The molecule has 134 valence electrons. The summed E-state index contributed by atoms with van der Waals surface area (Å²) in [6.07, 6.45) is 0.905. The SMILES string of the molecule is CCN(CCCNC(=O)C(C)C(N)c1ccccc1)c1ccccc1. The maximum absolute atomic E-state index is 12.3. The van der Waals surface area contributed by atoms with Crippen molar-refractivity contribution in [2.75, 3.05) is 24.5 Å². The van der Waals surface area contributed by atoms with Crippen LogP contribution in [-0.2, 0) is 4.79 Å². The molecular weight excluding hydrogens is 310 g/mol. The second-order valence-corrected chi connectivity index (χ2v) is 6.28. The first-order valence-corrected chi connectivity index (χ1v) is 9.01. The van der Waals surface area contributed by atoms with E-state index < -0.39 is 0 Å². The Morgan fingerprint density at radius 3 is 2.28 bits per heavy atom. The molecule has 2 aromatic carbocycles. The molecule has 2 rings (SSSR count). The van der Waals surface area contributed by atoms with Gasteiger partial charge in [0.25, 0.3) is 0 Å². The normalized spacial score (nSPS) is 13.1. The van der Waals surface area contributed by atoms with Gasteiger partial charge in [-0.15, -0.1) is 0 Å². The number of rotatable bonds is 9. The highest BCUT2D eigenvalue weighted by molar-refractivity contribution is 5.79. The van der Waals surface area contributed by atoms with E-state index in [-0.39, 0.29) is 17.9 Å². The molecule has 0 bridgehead atoms. The van der Waals surface area contributed by atoms with Gasteiger partial charge >= 0.3 is 0 Å². The van der Waals surface area contributed by atoms with Gasteiger partial charge in [0, 0.05) is 31.4 Å². The van der Waals surface area contributed by atoms with E-state index >= 15 is 0 Å². The van der Waals surface area contributed by atoms with Crippen molar-refractivity contribution < 1.29 is 4.79 Å². The van der Waals surface area contributed by atoms with Gasteiger partial charge in [-0.1, -0.05) is 55.5 Å². The molecule has 0 aliphatic carbocycles. The summed E-state index contributed by atoms with van der Waals surface area (Å²) in [7, 11) is 0. The lowest BCUT2D eigenvalue weighted by atomic mass is 9.95. The molecule has 0 saturated carbocycles. The van der Waals surface area contributed by atoms with Crippen molar-refractivity contribution in [1.29, 1.82) is 0 Å². The van der Waals surface area contributed by atoms with Gasteiger partial charge in [0.05, 0.1) is 5.92 Å². The molecule has 4 nitrogen and oxygen atoms in total. The van der Waals surface area contributed by atoms with Crippen LogP contribution in [0.15, 0.2) is 60.7 Å². The summed E-state index contributed by atoms with van der Waals surface area (Å²) in [5, 5.41) is 3.02. The Morgan fingerprint density at radius 2 is 1.68 bits per heavy atom. The van der Waals surface area contributed by atoms with Crippen LogP contribution in [0.2, 0.25) is 0 Å². The van der Waals surface area contributed by atoms with E-state index in [0.717, 1.165) is 25.1 Å². The summed E-state index contributed by atoms with van der Waals surface area (Å²) in [4.78, 5) is 14.6. The van der Waals surface area contributed by atoms with Gasteiger partial charge in [-0.25, -0.2) is 0 Å². The molecule has 2 unspecified atom stereocenters. The molecule has 2 atom stereocenters. The lowest BCUT2D eigenvalue weighted by molar-refractivity contribution is -0.125. The number of anilines is 1. The molecule has 25 heavy (non-hydrogen) atoms. The number of nitrogens with two attached hydrogens (primary N) is 1. The van der Waals surface area contributed by atoms with Crippen molar-refractivity contribution in [2.45, 2.75) is 26.3 Å². The summed E-state index contributed by atoms with van der Waals surface area (Å²) >= 11 is 0. The topological polar surface area (TPSA) is 58.4 Å². The van der Waals surface area contributed by atoms with Crippen LogP contribution in [0.3, 0.4) is 0 Å². The third-order valence-electron chi connectivity index (χ3n) is 4.54. The lowest BCUT2D eigenvalue weighted by Crippen LogP contribution is -2.37. The summed E-state index contributed by atoms with van der Waals surface area (Å²) in [5.74, 6) is -0.238. The fourth-order valence-electron chi connectivity index (χ4n) is 2.88. The van der Waals surface area contributed by atoms with Crippen molar-refractivity contribution in [3.05, 3.63) is 66.2 Å². The lowest BCUT2D eigenvalue weighted by Gasteiger charge is -2.24. The van der Waals surface area contributed by atoms with Crippen LogP contribution >= 0.6 is 0 Å². The van der Waals surface area contributed by atoms with E-state index in [9.17, 15) is 4.79 Å². The Bertz CT molecular complexity index is 630. The largest absolute Gasteiger partial charge is 0.372 e. The predicted octanol–water partition coefficient (Wildman–Crippen LogP) is 3.36. The number of nitrogens with zero attached hydrogens (tertiary/aromatic N) is 1. The third-order valence-corrected chi connectivity index (χ3v) is 4.54. The molecule has 0 aliphatic heterocycles. The minimum Gasteiger partial charge on any atom is -0.372 e. The van der Waals surface area contributed by atoms with Gasteiger partial charge in [-0.2, -0.15) is 0 Å². The van der Waals surface area contributed by atoms with Crippen LogP contribution in [0.25, 0.3) is 0 Å². The molecule has 1 amide bonds. The number of hydrogen-bond donors (Lipinski definition) is 2. The quantitative estimate of drug-likeness (QED) is 0.689. The maximum Gasteiger partial charge on any atom is 0.224 e. The Labute approximate surface area is 151 Å².